The van der Waals surface area contributed by atoms with Crippen molar-refractivity contribution in [2.24, 2.45) is 0 Å². The largest absolute Gasteiger partial charge is 0.427 e. The molecule has 1 aliphatic heterocycles. The summed E-state index contributed by atoms with van der Waals surface area (Å²) in [6.45, 7) is 1.27. The van der Waals surface area contributed by atoms with E-state index in [4.69, 9.17) is 9.47 Å². The van der Waals surface area contributed by atoms with Crippen LogP contribution in [0.25, 0.3) is 0 Å². The predicted molar refractivity (Wildman–Crippen MR) is 132 cm³/mol. The number of ether oxygens (including phenoxy) is 2. The van der Waals surface area contributed by atoms with Crippen molar-refractivity contribution in [2.45, 2.75) is 51.1 Å². The molecule has 0 aromatic heterocycles. The summed E-state index contributed by atoms with van der Waals surface area (Å²) in [5.74, 6) is -2.97. The van der Waals surface area contributed by atoms with Gasteiger partial charge < -0.3 is 19.7 Å². The molecular formula is C27H27F4N3O6. The number of anilines is 1. The molecule has 9 nitrogen and oxygen atoms in total. The minimum absolute atomic E-state index is 0.0617. The summed E-state index contributed by atoms with van der Waals surface area (Å²) in [6, 6.07) is 7.03. The molecule has 1 unspecified atom stereocenters. The lowest BCUT2D eigenvalue weighted by molar-refractivity contribution is -0.187. The van der Waals surface area contributed by atoms with Gasteiger partial charge in [-0.1, -0.05) is 18.2 Å². The fourth-order valence-electron chi connectivity index (χ4n) is 4.75. The van der Waals surface area contributed by atoms with Crippen molar-refractivity contribution in [2.75, 3.05) is 25.1 Å². The number of imide groups is 1. The van der Waals surface area contributed by atoms with Gasteiger partial charge in [-0.25, -0.2) is 14.1 Å². The zero-order valence-electron chi connectivity index (χ0n) is 21.7. The van der Waals surface area contributed by atoms with Crippen LogP contribution in [0.15, 0.2) is 42.5 Å². The number of rotatable bonds is 9. The molecule has 0 bridgehead atoms. The van der Waals surface area contributed by atoms with Gasteiger partial charge >= 0.3 is 12.3 Å². The SMILES string of the molecule is CCOCC(=O)Nc1ccc2c(c1)CC[C@@]21OC(=O)N(CC(=O)N(Cc2ccc(F)cc2)C(C)C(F)(F)F)C1=O. The summed E-state index contributed by atoms with van der Waals surface area (Å²) >= 11 is 0. The molecule has 1 aliphatic carbocycles. The maximum atomic E-state index is 13.6. The van der Waals surface area contributed by atoms with E-state index >= 15 is 0 Å². The molecular weight excluding hydrogens is 538 g/mol. The standard InChI is InChI=1S/C27H27F4N3O6/c1-3-39-15-22(35)32-20-8-9-21-18(12-20)10-11-26(21)24(37)34(25(38)40-26)14-23(36)33(16(2)27(29,30)31)13-17-4-6-19(28)7-5-17/h4-9,12,16H,3,10-11,13-15H2,1-2H3,(H,32,35)/t16?,26-/m1/s1. The summed E-state index contributed by atoms with van der Waals surface area (Å²) < 4.78 is 64.7. The average Bonchev–Trinajstić information content (AvgIpc) is 3.37. The van der Waals surface area contributed by atoms with E-state index < -0.39 is 54.6 Å². The number of hydrogen-bond acceptors (Lipinski definition) is 6. The Labute approximate surface area is 227 Å². The third-order valence-corrected chi connectivity index (χ3v) is 6.90. The molecule has 2 aromatic rings. The van der Waals surface area contributed by atoms with Crippen LogP contribution in [0.2, 0.25) is 0 Å². The molecule has 4 rings (SSSR count). The number of nitrogens with zero attached hydrogens (tertiary/aromatic N) is 2. The van der Waals surface area contributed by atoms with Crippen LogP contribution in [0.4, 0.5) is 28.0 Å². The first kappa shape index (κ1) is 29.0. The minimum Gasteiger partial charge on any atom is -0.427 e. The van der Waals surface area contributed by atoms with Gasteiger partial charge in [0.25, 0.3) is 5.91 Å². The van der Waals surface area contributed by atoms with E-state index in [0.717, 1.165) is 19.1 Å². The fraction of sp³-hybridized carbons (Fsp3) is 0.407. The lowest BCUT2D eigenvalue weighted by atomic mass is 9.94. The molecule has 1 saturated heterocycles. The second-order valence-corrected chi connectivity index (χ2v) is 9.51. The van der Waals surface area contributed by atoms with Crippen LogP contribution in [0.5, 0.6) is 0 Å². The normalized spacial score (nSPS) is 19.0. The van der Waals surface area contributed by atoms with Crippen molar-refractivity contribution < 1.29 is 46.2 Å². The first-order chi connectivity index (χ1) is 18.9. The molecule has 4 amide bonds. The molecule has 0 radical (unpaired) electrons. The van der Waals surface area contributed by atoms with E-state index in [1.54, 1.807) is 13.0 Å². The Morgan fingerprint density at radius 2 is 1.88 bits per heavy atom. The Balaban J connectivity index is 1.53. The van der Waals surface area contributed by atoms with Crippen LogP contribution in [0.1, 0.15) is 37.0 Å². The van der Waals surface area contributed by atoms with Gasteiger partial charge in [-0.05, 0) is 55.7 Å². The minimum atomic E-state index is -4.80. The van der Waals surface area contributed by atoms with Crippen molar-refractivity contribution in [3.63, 3.8) is 0 Å². The molecule has 1 spiro atoms. The lowest BCUT2D eigenvalue weighted by Gasteiger charge is -2.31. The topological polar surface area (TPSA) is 105 Å². The molecule has 40 heavy (non-hydrogen) atoms. The number of halogens is 4. The Morgan fingerprint density at radius 1 is 1.18 bits per heavy atom. The quantitative estimate of drug-likeness (QED) is 0.463. The van der Waals surface area contributed by atoms with Crippen LogP contribution in [-0.2, 0) is 42.4 Å². The summed E-state index contributed by atoms with van der Waals surface area (Å²) in [7, 11) is 0. The van der Waals surface area contributed by atoms with E-state index in [-0.39, 0.29) is 24.5 Å². The van der Waals surface area contributed by atoms with Gasteiger partial charge in [0.2, 0.25) is 17.4 Å². The van der Waals surface area contributed by atoms with E-state index in [0.29, 0.717) is 39.6 Å². The summed E-state index contributed by atoms with van der Waals surface area (Å²) in [6.07, 6.45) is -5.58. The maximum absolute atomic E-state index is 13.6. The zero-order valence-corrected chi connectivity index (χ0v) is 21.7. The van der Waals surface area contributed by atoms with Crippen molar-refractivity contribution in [3.8, 4) is 0 Å². The first-order valence-corrected chi connectivity index (χ1v) is 12.5. The highest BCUT2D eigenvalue weighted by Crippen LogP contribution is 2.46. The highest BCUT2D eigenvalue weighted by Gasteiger charge is 2.58. The smallest absolute Gasteiger partial charge is 0.418 e. The zero-order chi connectivity index (χ0) is 29.2. The van der Waals surface area contributed by atoms with Crippen molar-refractivity contribution in [3.05, 3.63) is 65.0 Å². The van der Waals surface area contributed by atoms with Crippen LogP contribution in [-0.4, -0.2) is 65.6 Å². The fourth-order valence-corrected chi connectivity index (χ4v) is 4.75. The number of nitrogens with one attached hydrogen (secondary N) is 1. The Morgan fingerprint density at radius 3 is 2.52 bits per heavy atom. The summed E-state index contributed by atoms with van der Waals surface area (Å²) in [4.78, 5) is 52.3. The average molecular weight is 566 g/mol. The number of carbonyl (C=O) groups excluding carboxylic acids is 4. The van der Waals surface area contributed by atoms with Crippen molar-refractivity contribution in [1.29, 1.82) is 0 Å². The number of carbonyl (C=O) groups is 4. The number of fused-ring (bicyclic) bond motifs is 2. The van der Waals surface area contributed by atoms with Gasteiger partial charge in [0.05, 0.1) is 0 Å². The Kier molecular flexibility index (Phi) is 8.15. The summed E-state index contributed by atoms with van der Waals surface area (Å²) in [5, 5.41) is 2.67. The van der Waals surface area contributed by atoms with E-state index in [1.807, 2.05) is 0 Å². The Bertz CT molecular complexity index is 1320. The van der Waals surface area contributed by atoms with E-state index in [1.165, 1.54) is 24.3 Å². The molecule has 1 fully saturated rings. The number of aryl methyl sites for hydroxylation is 1. The number of amides is 4. The van der Waals surface area contributed by atoms with Gasteiger partial charge in [-0.3, -0.25) is 14.4 Å². The molecule has 2 aromatic carbocycles. The highest BCUT2D eigenvalue weighted by atomic mass is 19.4. The van der Waals surface area contributed by atoms with Crippen LogP contribution >= 0.6 is 0 Å². The van der Waals surface area contributed by atoms with Crippen LogP contribution in [0.3, 0.4) is 0 Å². The third kappa shape index (κ3) is 5.79. The number of hydrogen-bond donors (Lipinski definition) is 1. The molecule has 0 saturated carbocycles. The second kappa shape index (κ2) is 11.2. The number of benzene rings is 2. The van der Waals surface area contributed by atoms with Crippen molar-refractivity contribution in [1.82, 2.24) is 9.80 Å². The Hall–Kier alpha value is -4.00. The van der Waals surface area contributed by atoms with E-state index in [9.17, 15) is 36.7 Å². The van der Waals surface area contributed by atoms with Gasteiger partial charge in [-0.2, -0.15) is 13.2 Å². The third-order valence-electron chi connectivity index (χ3n) is 6.90. The molecule has 1 heterocycles. The number of alkyl halides is 3. The highest BCUT2D eigenvalue weighted by molar-refractivity contribution is 6.06. The van der Waals surface area contributed by atoms with Gasteiger partial charge in [0.1, 0.15) is 25.0 Å². The van der Waals surface area contributed by atoms with Crippen LogP contribution < -0.4 is 5.32 Å². The molecule has 2 atom stereocenters. The predicted octanol–water partition coefficient (Wildman–Crippen LogP) is 3.90. The van der Waals surface area contributed by atoms with Gasteiger partial charge in [0.15, 0.2) is 0 Å². The van der Waals surface area contributed by atoms with Crippen molar-refractivity contribution >= 4 is 29.5 Å². The van der Waals surface area contributed by atoms with E-state index in [2.05, 4.69) is 5.32 Å². The first-order valence-electron chi connectivity index (χ1n) is 12.5. The van der Waals surface area contributed by atoms with Gasteiger partial charge in [0, 0.05) is 30.8 Å². The van der Waals surface area contributed by atoms with Gasteiger partial charge in [-0.15, -0.1) is 0 Å². The molecule has 214 valence electrons. The van der Waals surface area contributed by atoms with Crippen LogP contribution in [0, 0.1) is 5.82 Å². The molecule has 13 heteroatoms. The lowest BCUT2D eigenvalue weighted by Crippen LogP contribution is -2.51. The summed E-state index contributed by atoms with van der Waals surface area (Å²) in [5.41, 5.74) is -0.0474. The second-order valence-electron chi connectivity index (χ2n) is 9.51. The molecule has 2 aliphatic rings. The monoisotopic (exact) mass is 565 g/mol. The maximum Gasteiger partial charge on any atom is 0.418 e. The molecule has 1 N–H and O–H groups in total.